The summed E-state index contributed by atoms with van der Waals surface area (Å²) in [5.41, 5.74) is 0. The summed E-state index contributed by atoms with van der Waals surface area (Å²) in [4.78, 5) is 21.4. The Hall–Kier alpha value is -1.08. The monoisotopic (exact) mass is 614 g/mol. The fraction of sp³-hybridized carbons (Fsp3) is 0.778. The average Bonchev–Trinajstić information content (AvgIpc) is 2.55. The first kappa shape index (κ1) is 44.9. The third-order valence-electron chi connectivity index (χ3n) is 1.38. The minimum Gasteiger partial charge on any atom is -0.542 e. The van der Waals surface area contributed by atoms with E-state index in [9.17, 15) is 26.3 Å². The van der Waals surface area contributed by atoms with Crippen molar-refractivity contribution in [3.05, 3.63) is 0 Å². The van der Waals surface area contributed by atoms with Crippen molar-refractivity contribution < 1.29 is 55.1 Å². The number of thiocarbonyl (C=S) groups is 2. The fourth-order valence-corrected chi connectivity index (χ4v) is 2.60. The summed E-state index contributed by atoms with van der Waals surface area (Å²) < 4.78 is 66.8. The Bertz CT molecular complexity index is 596. The summed E-state index contributed by atoms with van der Waals surface area (Å²) >= 11 is 10.1. The minimum atomic E-state index is -5.19. The van der Waals surface area contributed by atoms with Gasteiger partial charge in [-0.1, -0.05) is 24.4 Å². The molecule has 0 aromatic rings. The molecule has 0 aliphatic carbocycles. The molecule has 0 amide bonds. The van der Waals surface area contributed by atoms with Crippen molar-refractivity contribution in [1.29, 1.82) is 0 Å². The molecule has 0 fully saturated rings. The van der Waals surface area contributed by atoms with Crippen molar-refractivity contribution in [2.45, 2.75) is 12.4 Å². The van der Waals surface area contributed by atoms with E-state index in [1.54, 1.807) is 0 Å². The lowest BCUT2D eigenvalue weighted by atomic mass is 10.7. The van der Waals surface area contributed by atoms with E-state index in [1.807, 2.05) is 38.0 Å². The maximum absolute atomic E-state index is 10.5. The van der Waals surface area contributed by atoms with E-state index in [2.05, 4.69) is 56.4 Å². The second-order valence-corrected chi connectivity index (χ2v) is 12.8. The third kappa shape index (κ3) is 58.6. The Kier molecular flexibility index (Phi) is 24.9. The number of carbonyl (C=O) groups is 2. The Morgan fingerprint density at radius 2 is 0.722 bits per heavy atom. The smallest absolute Gasteiger partial charge is 0.430 e. The van der Waals surface area contributed by atoms with Crippen LogP contribution in [0.25, 0.3) is 0 Å². The number of hydrogen-bond acceptors (Lipinski definition) is 8. The van der Waals surface area contributed by atoms with Gasteiger partial charge in [-0.3, -0.25) is 0 Å². The van der Waals surface area contributed by atoms with E-state index in [4.69, 9.17) is 44.2 Å². The van der Waals surface area contributed by atoms with Crippen LogP contribution in [0.5, 0.6) is 0 Å². The molecule has 0 aromatic carbocycles. The molecule has 18 heteroatoms. The summed E-state index contributed by atoms with van der Waals surface area (Å²) in [7, 11) is 27.7. The van der Waals surface area contributed by atoms with Crippen molar-refractivity contribution in [1.82, 2.24) is 9.80 Å². The van der Waals surface area contributed by atoms with Crippen LogP contribution in [0.15, 0.2) is 0 Å². The minimum absolute atomic E-state index is 0.837. The van der Waals surface area contributed by atoms with Crippen LogP contribution in [0.2, 0.25) is 0 Å². The first-order chi connectivity index (χ1) is 15.3. The molecule has 0 heterocycles. The molecular weight excluding hydrogens is 578 g/mol. The molecule has 0 saturated heterocycles. The van der Waals surface area contributed by atoms with E-state index in [-0.39, 0.29) is 0 Å². The highest BCUT2D eigenvalue weighted by Gasteiger charge is 2.29. The van der Waals surface area contributed by atoms with Crippen LogP contribution in [0.4, 0.5) is 26.3 Å². The van der Waals surface area contributed by atoms with Crippen molar-refractivity contribution in [3.63, 3.8) is 0 Å². The average molecular weight is 615 g/mol. The van der Waals surface area contributed by atoms with Gasteiger partial charge in [-0.05, 0) is 21.6 Å². The normalized spacial score (nSPS) is 10.8. The number of carboxylic acids is 2. The summed E-state index contributed by atoms with van der Waals surface area (Å²) in [6.45, 7) is 0. The fourth-order valence-electron chi connectivity index (χ4n) is 0.220. The van der Waals surface area contributed by atoms with Crippen LogP contribution in [0, 0.1) is 0 Å². The second-order valence-electron chi connectivity index (χ2n) is 9.42. The zero-order valence-corrected chi connectivity index (χ0v) is 25.6. The van der Waals surface area contributed by atoms with Crippen LogP contribution in [0.3, 0.4) is 0 Å². The van der Waals surface area contributed by atoms with Gasteiger partial charge in [0.2, 0.25) is 0 Å². The van der Waals surface area contributed by atoms with E-state index >= 15 is 0 Å². The molecule has 0 N–H and O–H groups in total. The molecule has 8 nitrogen and oxygen atoms in total. The Morgan fingerprint density at radius 1 is 0.611 bits per heavy atom. The van der Waals surface area contributed by atoms with Crippen LogP contribution in [0.1, 0.15) is 0 Å². The highest BCUT2D eigenvalue weighted by molar-refractivity contribution is 8.89. The first-order valence-corrected chi connectivity index (χ1v) is 12.2. The number of carbonyl (C=O) groups excluding carboxylic acids is 2. The van der Waals surface area contributed by atoms with Gasteiger partial charge < -0.3 is 38.6 Å². The number of rotatable bonds is 0. The zero-order valence-electron chi connectivity index (χ0n) is 22.3. The van der Waals surface area contributed by atoms with Gasteiger partial charge in [0.25, 0.3) is 0 Å². The number of aliphatic carboxylic acids is 2. The first-order valence-electron chi connectivity index (χ1n) is 9.25. The van der Waals surface area contributed by atoms with E-state index < -0.39 is 24.3 Å². The molecule has 0 unspecified atom stereocenters. The van der Waals surface area contributed by atoms with Gasteiger partial charge in [0.1, 0.15) is 20.6 Å². The lowest BCUT2D eigenvalue weighted by Crippen LogP contribution is -2.37. The van der Waals surface area contributed by atoms with Gasteiger partial charge in [-0.25, -0.2) is 0 Å². The van der Waals surface area contributed by atoms with Crippen molar-refractivity contribution in [2.24, 2.45) is 0 Å². The van der Waals surface area contributed by atoms with Crippen LogP contribution in [-0.2, 0) is 9.59 Å². The molecule has 218 valence electrons. The van der Waals surface area contributed by atoms with Gasteiger partial charge in [0.15, 0.2) is 0 Å². The predicted octanol–water partition coefficient (Wildman–Crippen LogP) is 1.30. The Morgan fingerprint density at radius 3 is 0.778 bits per heavy atom. The summed E-state index contributed by atoms with van der Waals surface area (Å²) in [6, 6.07) is 0. The van der Waals surface area contributed by atoms with Gasteiger partial charge in [-0.15, -0.1) is 0 Å². The number of hydrogen-bond donors (Lipinski definition) is 0. The van der Waals surface area contributed by atoms with Crippen LogP contribution < -0.4 is 10.2 Å². The highest BCUT2D eigenvalue weighted by atomic mass is 33.1. The number of alkyl halides is 6. The SMILES string of the molecule is CN(C)C(=S)SSC(=S)N(C)C.C[N+](C)(C)C.C[N+](C)(C)C.O=C([O-])C(F)(F)F.O=C([O-])C(F)(F)F. The summed E-state index contributed by atoms with van der Waals surface area (Å²) in [5.74, 6) is -6.01. The molecule has 0 aliphatic rings. The van der Waals surface area contributed by atoms with Crippen LogP contribution >= 0.6 is 46.0 Å². The zero-order chi connectivity index (χ0) is 30.9. The summed E-state index contributed by atoms with van der Waals surface area (Å²) in [6.07, 6.45) is -10.4. The molecule has 0 saturated carbocycles. The van der Waals surface area contributed by atoms with Gasteiger partial charge in [0.05, 0.1) is 56.4 Å². The Balaban J connectivity index is -0.000000117. The van der Waals surface area contributed by atoms with Crippen molar-refractivity contribution >= 4 is 66.6 Å². The lowest BCUT2D eigenvalue weighted by Gasteiger charge is -2.15. The molecule has 0 radical (unpaired) electrons. The standard InChI is InChI=1S/C6H12N2S4.2C4H12N.2C2HF3O2/c1-7(2)5(9)11-12-6(10)8(3)4;2*1-5(2,3)4;2*3-2(4,5)1(6)7/h1-4H3;2*1-4H3;2*(H,6,7)/q;2*+1;;/p-2. The summed E-state index contributed by atoms with van der Waals surface area (Å²) in [5, 5.41) is 17.6. The quantitative estimate of drug-likeness (QED) is 0.172. The third-order valence-corrected chi connectivity index (χ3v) is 5.54. The van der Waals surface area contributed by atoms with Gasteiger partial charge in [0, 0.05) is 28.2 Å². The molecule has 0 aliphatic heterocycles. The largest absolute Gasteiger partial charge is 0.542 e. The van der Waals surface area contributed by atoms with E-state index in [1.165, 1.54) is 21.6 Å². The van der Waals surface area contributed by atoms with E-state index in [0.29, 0.717) is 0 Å². The van der Waals surface area contributed by atoms with Crippen LogP contribution in [-0.4, -0.2) is 136 Å². The molecule has 0 aromatic heterocycles. The molecule has 0 rings (SSSR count). The van der Waals surface area contributed by atoms with Gasteiger partial charge in [-0.2, -0.15) is 26.3 Å². The number of halogens is 6. The molecule has 0 atom stereocenters. The highest BCUT2D eigenvalue weighted by Crippen LogP contribution is 2.26. The molecule has 0 bridgehead atoms. The molecule has 0 spiro atoms. The molecular formula is C18H36F6N4O4S4. The van der Waals surface area contributed by atoms with Crippen molar-refractivity contribution in [2.75, 3.05) is 84.6 Å². The Labute approximate surface area is 228 Å². The maximum Gasteiger partial charge on any atom is 0.430 e. The van der Waals surface area contributed by atoms with Crippen molar-refractivity contribution in [3.8, 4) is 0 Å². The topological polar surface area (TPSA) is 86.7 Å². The second kappa shape index (κ2) is 20.0. The van der Waals surface area contributed by atoms with E-state index in [0.717, 1.165) is 17.6 Å². The molecule has 36 heavy (non-hydrogen) atoms. The number of carboxylic acid groups (broad SMARTS) is 2. The maximum atomic E-state index is 10.5. The lowest BCUT2D eigenvalue weighted by molar-refractivity contribution is -0.849. The van der Waals surface area contributed by atoms with Gasteiger partial charge >= 0.3 is 12.4 Å². The predicted molar refractivity (Wildman–Crippen MR) is 138 cm³/mol. The number of quaternary nitrogens is 2. The number of nitrogens with zero attached hydrogens (tertiary/aromatic N) is 4.